The van der Waals surface area contributed by atoms with Crippen molar-refractivity contribution in [1.82, 2.24) is 20.0 Å². The molecule has 0 spiro atoms. The van der Waals surface area contributed by atoms with E-state index in [4.69, 9.17) is 31.2 Å². The van der Waals surface area contributed by atoms with Gasteiger partial charge in [-0.25, -0.2) is 4.68 Å². The maximum Gasteiger partial charge on any atom is 0.303 e. The summed E-state index contributed by atoms with van der Waals surface area (Å²) in [7, 11) is 0. The van der Waals surface area contributed by atoms with Gasteiger partial charge in [0.05, 0.1) is 6.20 Å². The molecule has 0 aliphatic carbocycles. The largest absolute Gasteiger partial charge is 0.463 e. The SMILES string of the molecule is CC(=O)OC[C@H]1O[C@@H](n2cc3ccc4c(=S)[nH]ncc(n2)c34)[C@](C)(OC(C)=O)[C@@H]1OC(C)=O. The van der Waals surface area contributed by atoms with E-state index in [1.54, 1.807) is 13.1 Å². The van der Waals surface area contributed by atoms with Crippen LogP contribution in [0.2, 0.25) is 0 Å². The fraction of sp³-hybridized carbons (Fsp3) is 0.429. The molecule has 3 aromatic rings. The Bertz CT molecular complexity index is 1320. The highest BCUT2D eigenvalue weighted by Crippen LogP contribution is 2.43. The van der Waals surface area contributed by atoms with Crippen LogP contribution in [0.25, 0.3) is 21.7 Å². The van der Waals surface area contributed by atoms with Crippen molar-refractivity contribution in [3.63, 3.8) is 0 Å². The van der Waals surface area contributed by atoms with Gasteiger partial charge in [-0.05, 0) is 6.92 Å². The van der Waals surface area contributed by atoms with Crippen molar-refractivity contribution in [3.05, 3.63) is 29.2 Å². The molecule has 1 N–H and O–H groups in total. The van der Waals surface area contributed by atoms with Crippen molar-refractivity contribution in [2.24, 2.45) is 0 Å². The molecule has 0 radical (unpaired) electrons. The summed E-state index contributed by atoms with van der Waals surface area (Å²) in [6.07, 6.45) is 0.261. The molecule has 0 bridgehead atoms. The number of nitrogens with zero attached hydrogens (tertiary/aromatic N) is 3. The smallest absolute Gasteiger partial charge is 0.303 e. The Morgan fingerprint density at radius 3 is 2.64 bits per heavy atom. The average Bonchev–Trinajstić information content (AvgIpc) is 3.20. The maximum atomic E-state index is 12.0. The monoisotopic (exact) mass is 474 g/mol. The van der Waals surface area contributed by atoms with Gasteiger partial charge in [0, 0.05) is 43.1 Å². The predicted molar refractivity (Wildman–Crippen MR) is 116 cm³/mol. The molecule has 174 valence electrons. The Labute approximate surface area is 192 Å². The van der Waals surface area contributed by atoms with Crippen LogP contribution in [-0.4, -0.2) is 62.3 Å². The zero-order valence-corrected chi connectivity index (χ0v) is 19.2. The second-order valence-electron chi connectivity index (χ2n) is 7.91. The first-order valence-electron chi connectivity index (χ1n) is 10.1. The Morgan fingerprint density at radius 1 is 1.21 bits per heavy atom. The first-order valence-corrected chi connectivity index (χ1v) is 10.5. The molecule has 1 aromatic carbocycles. The second kappa shape index (κ2) is 8.52. The summed E-state index contributed by atoms with van der Waals surface area (Å²) in [5, 5.41) is 13.9. The van der Waals surface area contributed by atoms with Gasteiger partial charge in [-0.1, -0.05) is 24.4 Å². The topological polar surface area (TPSA) is 135 Å². The standard InChI is InChI=1S/C21H22N4O7S/c1-10(26)29-9-16-18(30-11(2)27)21(4,32-12(3)28)20(31-16)25-8-13-5-6-14-17(13)15(24-25)7-22-23-19(14)33/h5-8,16,18,20H,9H2,1-4H3,(H,23,33)/t16-,18-,20-,21-/m1/s1. The molecule has 1 fully saturated rings. The predicted octanol–water partition coefficient (Wildman–Crippen LogP) is 2.36. The van der Waals surface area contributed by atoms with Gasteiger partial charge in [-0.15, -0.1) is 0 Å². The van der Waals surface area contributed by atoms with Crippen molar-refractivity contribution >= 4 is 51.8 Å². The van der Waals surface area contributed by atoms with Crippen LogP contribution in [0.3, 0.4) is 0 Å². The Morgan fingerprint density at radius 2 is 1.97 bits per heavy atom. The van der Waals surface area contributed by atoms with Gasteiger partial charge in [0.1, 0.15) is 22.9 Å². The molecule has 1 saturated heterocycles. The third-order valence-electron chi connectivity index (χ3n) is 5.38. The van der Waals surface area contributed by atoms with Gasteiger partial charge in [0.15, 0.2) is 17.9 Å². The molecule has 4 atom stereocenters. The van der Waals surface area contributed by atoms with Crippen LogP contribution in [0.5, 0.6) is 0 Å². The lowest BCUT2D eigenvalue weighted by Crippen LogP contribution is -2.50. The highest BCUT2D eigenvalue weighted by atomic mass is 32.1. The van der Waals surface area contributed by atoms with E-state index in [2.05, 4.69) is 15.3 Å². The average molecular weight is 474 g/mol. The highest BCUT2D eigenvalue weighted by Gasteiger charge is 2.60. The van der Waals surface area contributed by atoms with Crippen LogP contribution in [0.1, 0.15) is 33.9 Å². The zero-order valence-electron chi connectivity index (χ0n) is 18.4. The number of carbonyl (C=O) groups excluding carboxylic acids is 3. The maximum absolute atomic E-state index is 12.0. The van der Waals surface area contributed by atoms with Crippen LogP contribution < -0.4 is 0 Å². The number of esters is 3. The lowest BCUT2D eigenvalue weighted by atomic mass is 9.95. The number of hydrogen-bond donors (Lipinski definition) is 1. The molecule has 0 saturated carbocycles. The van der Waals surface area contributed by atoms with E-state index in [0.29, 0.717) is 10.2 Å². The molecule has 1 aliphatic heterocycles. The molecule has 12 heteroatoms. The Kier molecular flexibility index (Phi) is 5.89. The molecule has 0 unspecified atom stereocenters. The zero-order chi connectivity index (χ0) is 23.9. The van der Waals surface area contributed by atoms with E-state index in [0.717, 1.165) is 16.2 Å². The van der Waals surface area contributed by atoms with E-state index >= 15 is 0 Å². The van der Waals surface area contributed by atoms with Gasteiger partial charge in [-0.3, -0.25) is 19.5 Å². The first-order chi connectivity index (χ1) is 15.6. The molecule has 3 heterocycles. The number of carbonyl (C=O) groups is 3. The van der Waals surface area contributed by atoms with Crippen LogP contribution >= 0.6 is 12.2 Å². The number of nitrogens with one attached hydrogen (secondary N) is 1. The lowest BCUT2D eigenvalue weighted by molar-refractivity contribution is -0.185. The second-order valence-corrected chi connectivity index (χ2v) is 8.32. The van der Waals surface area contributed by atoms with Crippen molar-refractivity contribution in [1.29, 1.82) is 0 Å². The molecular weight excluding hydrogens is 452 g/mol. The Hall–Kier alpha value is -3.38. The van der Waals surface area contributed by atoms with E-state index in [1.165, 1.54) is 31.6 Å². The number of hydrogen-bond acceptors (Lipinski definition) is 10. The van der Waals surface area contributed by atoms with Crippen molar-refractivity contribution < 1.29 is 33.3 Å². The minimum Gasteiger partial charge on any atom is -0.463 e. The first kappa shape index (κ1) is 22.8. The summed E-state index contributed by atoms with van der Waals surface area (Å²) in [6, 6.07) is 3.73. The molecule has 1 aliphatic rings. The summed E-state index contributed by atoms with van der Waals surface area (Å²) < 4.78 is 24.3. The minimum absolute atomic E-state index is 0.212. The summed E-state index contributed by atoms with van der Waals surface area (Å²) in [5.41, 5.74) is -0.966. The molecule has 11 nitrogen and oxygen atoms in total. The van der Waals surface area contributed by atoms with Gasteiger partial charge < -0.3 is 18.9 Å². The summed E-state index contributed by atoms with van der Waals surface area (Å²) >= 11 is 5.35. The third kappa shape index (κ3) is 4.18. The molecule has 33 heavy (non-hydrogen) atoms. The number of ether oxygens (including phenoxy) is 4. The fourth-order valence-electron chi connectivity index (χ4n) is 4.17. The number of aromatic nitrogens is 4. The van der Waals surface area contributed by atoms with Gasteiger partial charge in [-0.2, -0.15) is 10.2 Å². The van der Waals surface area contributed by atoms with Gasteiger partial charge >= 0.3 is 17.9 Å². The molecule has 4 rings (SSSR count). The molecule has 0 amide bonds. The summed E-state index contributed by atoms with van der Waals surface area (Å²) in [5.74, 6) is -1.75. The van der Waals surface area contributed by atoms with Crippen molar-refractivity contribution in [2.75, 3.05) is 6.61 Å². The van der Waals surface area contributed by atoms with Crippen LogP contribution in [0.4, 0.5) is 0 Å². The van der Waals surface area contributed by atoms with Crippen molar-refractivity contribution in [2.45, 2.75) is 51.7 Å². The van der Waals surface area contributed by atoms with E-state index < -0.39 is 41.9 Å². The fourth-order valence-corrected chi connectivity index (χ4v) is 4.39. The Balaban J connectivity index is 1.86. The van der Waals surface area contributed by atoms with E-state index in [9.17, 15) is 14.4 Å². The number of H-pyrrole nitrogens is 1. The number of rotatable bonds is 5. The van der Waals surface area contributed by atoms with E-state index in [-0.39, 0.29) is 6.61 Å². The highest BCUT2D eigenvalue weighted by molar-refractivity contribution is 7.71. The normalized spacial score (nSPS) is 24.7. The summed E-state index contributed by atoms with van der Waals surface area (Å²) in [4.78, 5) is 35.3. The lowest BCUT2D eigenvalue weighted by Gasteiger charge is -2.34. The molecular formula is C21H22N4O7S. The summed E-state index contributed by atoms with van der Waals surface area (Å²) in [6.45, 7) is 5.09. The van der Waals surface area contributed by atoms with Crippen molar-refractivity contribution in [3.8, 4) is 0 Å². The van der Waals surface area contributed by atoms with Crippen LogP contribution in [-0.2, 0) is 33.3 Å². The van der Waals surface area contributed by atoms with E-state index in [1.807, 2.05) is 12.1 Å². The van der Waals surface area contributed by atoms with Crippen LogP contribution in [0.15, 0.2) is 24.5 Å². The molecule has 2 aromatic heterocycles. The quantitative estimate of drug-likeness (QED) is 0.333. The third-order valence-corrected chi connectivity index (χ3v) is 5.69. The van der Waals surface area contributed by atoms with Gasteiger partial charge in [0.2, 0.25) is 0 Å². The van der Waals surface area contributed by atoms with Crippen LogP contribution in [0, 0.1) is 4.64 Å². The van der Waals surface area contributed by atoms with Gasteiger partial charge in [0.25, 0.3) is 0 Å². The number of aromatic amines is 1. The minimum atomic E-state index is -1.48.